The van der Waals surface area contributed by atoms with Crippen LogP contribution in [0.3, 0.4) is 0 Å². The fourth-order valence-corrected chi connectivity index (χ4v) is 1.86. The van der Waals surface area contributed by atoms with Gasteiger partial charge in [0.25, 0.3) is 0 Å². The van der Waals surface area contributed by atoms with E-state index in [0.29, 0.717) is 6.04 Å². The van der Waals surface area contributed by atoms with Crippen molar-refractivity contribution in [1.82, 2.24) is 5.32 Å². The van der Waals surface area contributed by atoms with E-state index in [9.17, 15) is 0 Å². The van der Waals surface area contributed by atoms with Crippen LogP contribution in [0.25, 0.3) is 0 Å². The van der Waals surface area contributed by atoms with Crippen LogP contribution in [0.4, 0.5) is 0 Å². The average molecular weight is 242 g/mol. The Morgan fingerprint density at radius 1 is 1.44 bits per heavy atom. The van der Waals surface area contributed by atoms with E-state index < -0.39 is 0 Å². The zero-order chi connectivity index (χ0) is 12.0. The van der Waals surface area contributed by atoms with Gasteiger partial charge in [0.05, 0.1) is 6.61 Å². The van der Waals surface area contributed by atoms with Crippen molar-refractivity contribution in [2.75, 3.05) is 13.7 Å². The number of aryl methyl sites for hydroxylation is 1. The lowest BCUT2D eigenvalue weighted by atomic mass is 10.1. The number of nitrogens with one attached hydrogen (secondary N) is 1. The van der Waals surface area contributed by atoms with E-state index in [-0.39, 0.29) is 0 Å². The molecule has 0 amide bonds. The number of hydrogen-bond acceptors (Lipinski definition) is 2. The molecule has 90 valence electrons. The molecular formula is C13H20ClNO. The van der Waals surface area contributed by atoms with E-state index in [1.165, 1.54) is 11.1 Å². The number of hydrogen-bond donors (Lipinski definition) is 1. The maximum Gasteiger partial charge on any atom is 0.0615 e. The molecule has 0 aliphatic heterocycles. The third kappa shape index (κ3) is 4.12. The molecule has 1 unspecified atom stereocenters. The first-order chi connectivity index (χ1) is 7.67. The van der Waals surface area contributed by atoms with Crippen LogP contribution >= 0.6 is 11.6 Å². The number of methoxy groups -OCH3 is 1. The summed E-state index contributed by atoms with van der Waals surface area (Å²) in [4.78, 5) is 0. The summed E-state index contributed by atoms with van der Waals surface area (Å²) >= 11 is 5.92. The predicted molar refractivity (Wildman–Crippen MR) is 69.0 cm³/mol. The van der Waals surface area contributed by atoms with Gasteiger partial charge in [0, 0.05) is 24.7 Å². The Labute approximate surface area is 103 Å². The minimum atomic E-state index is 0.417. The van der Waals surface area contributed by atoms with E-state index >= 15 is 0 Å². The van der Waals surface area contributed by atoms with Crippen LogP contribution in [0.2, 0.25) is 5.02 Å². The summed E-state index contributed by atoms with van der Waals surface area (Å²) in [5.41, 5.74) is 2.52. The van der Waals surface area contributed by atoms with Gasteiger partial charge in [0.1, 0.15) is 0 Å². The summed E-state index contributed by atoms with van der Waals surface area (Å²) in [6.07, 6.45) is 1.07. The van der Waals surface area contributed by atoms with Crippen LogP contribution < -0.4 is 5.32 Å². The van der Waals surface area contributed by atoms with Crippen molar-refractivity contribution in [2.24, 2.45) is 0 Å². The summed E-state index contributed by atoms with van der Waals surface area (Å²) in [5.74, 6) is 0. The first kappa shape index (κ1) is 13.5. The third-order valence-corrected chi connectivity index (χ3v) is 2.98. The fraction of sp³-hybridized carbons (Fsp3) is 0.538. The zero-order valence-electron chi connectivity index (χ0n) is 10.2. The van der Waals surface area contributed by atoms with Gasteiger partial charge in [-0.15, -0.1) is 0 Å². The van der Waals surface area contributed by atoms with E-state index in [0.717, 1.165) is 24.6 Å². The molecule has 0 bridgehead atoms. The molecule has 0 aliphatic rings. The molecule has 0 saturated carbocycles. The minimum absolute atomic E-state index is 0.417. The van der Waals surface area contributed by atoms with Crippen molar-refractivity contribution in [3.05, 3.63) is 34.3 Å². The van der Waals surface area contributed by atoms with Gasteiger partial charge in [-0.25, -0.2) is 0 Å². The molecule has 0 radical (unpaired) electrons. The van der Waals surface area contributed by atoms with Crippen LogP contribution in [-0.2, 0) is 11.3 Å². The van der Waals surface area contributed by atoms with E-state index in [1.807, 2.05) is 12.1 Å². The second-order valence-corrected chi connectivity index (χ2v) is 4.45. The monoisotopic (exact) mass is 241 g/mol. The molecule has 2 nitrogen and oxygen atoms in total. The Balaban J connectivity index is 2.53. The zero-order valence-corrected chi connectivity index (χ0v) is 11.0. The van der Waals surface area contributed by atoms with Gasteiger partial charge in [-0.1, -0.05) is 24.6 Å². The van der Waals surface area contributed by atoms with Crippen LogP contribution in [0.1, 0.15) is 24.5 Å². The Kier molecular flexibility index (Phi) is 5.81. The Morgan fingerprint density at radius 3 is 2.75 bits per heavy atom. The normalized spacial score (nSPS) is 12.8. The molecule has 1 rings (SSSR count). The number of halogens is 1. The average Bonchev–Trinajstić information content (AvgIpc) is 2.26. The Morgan fingerprint density at radius 2 is 2.19 bits per heavy atom. The summed E-state index contributed by atoms with van der Waals surface area (Å²) in [6, 6.07) is 6.42. The topological polar surface area (TPSA) is 21.3 Å². The molecule has 1 N–H and O–H groups in total. The van der Waals surface area contributed by atoms with Crippen molar-refractivity contribution >= 4 is 11.6 Å². The van der Waals surface area contributed by atoms with Gasteiger partial charge < -0.3 is 10.1 Å². The molecule has 0 aromatic heterocycles. The summed E-state index contributed by atoms with van der Waals surface area (Å²) < 4.78 is 5.15. The van der Waals surface area contributed by atoms with Crippen molar-refractivity contribution in [3.63, 3.8) is 0 Å². The van der Waals surface area contributed by atoms with Crippen molar-refractivity contribution < 1.29 is 4.74 Å². The Bertz CT molecular complexity index is 328. The van der Waals surface area contributed by atoms with Gasteiger partial charge in [-0.05, 0) is 36.6 Å². The smallest absolute Gasteiger partial charge is 0.0615 e. The molecule has 16 heavy (non-hydrogen) atoms. The van der Waals surface area contributed by atoms with Gasteiger partial charge in [-0.2, -0.15) is 0 Å². The van der Waals surface area contributed by atoms with Crippen LogP contribution in [0.5, 0.6) is 0 Å². The standard InChI is InChI=1S/C13H20ClNO/c1-4-13(9-16-3)15-8-11-5-6-12(14)7-10(11)2/h5-7,13,15H,4,8-9H2,1-3H3. The molecule has 3 heteroatoms. The lowest BCUT2D eigenvalue weighted by Crippen LogP contribution is -2.32. The number of rotatable bonds is 6. The first-order valence-corrected chi connectivity index (χ1v) is 6.02. The van der Waals surface area contributed by atoms with Gasteiger partial charge >= 0.3 is 0 Å². The van der Waals surface area contributed by atoms with E-state index in [2.05, 4.69) is 25.2 Å². The highest BCUT2D eigenvalue weighted by molar-refractivity contribution is 6.30. The summed E-state index contributed by atoms with van der Waals surface area (Å²) in [7, 11) is 1.73. The summed E-state index contributed by atoms with van der Waals surface area (Å²) in [5, 5.41) is 4.28. The van der Waals surface area contributed by atoms with E-state index in [4.69, 9.17) is 16.3 Å². The van der Waals surface area contributed by atoms with Crippen LogP contribution in [0, 0.1) is 6.92 Å². The molecule has 0 saturated heterocycles. The highest BCUT2D eigenvalue weighted by Crippen LogP contribution is 2.15. The molecule has 1 aromatic rings. The quantitative estimate of drug-likeness (QED) is 0.826. The van der Waals surface area contributed by atoms with Gasteiger partial charge in [-0.3, -0.25) is 0 Å². The largest absolute Gasteiger partial charge is 0.383 e. The molecule has 0 heterocycles. The van der Waals surface area contributed by atoms with Crippen LogP contribution in [-0.4, -0.2) is 19.8 Å². The Hall–Kier alpha value is -0.570. The molecule has 1 atom stereocenters. The third-order valence-electron chi connectivity index (χ3n) is 2.75. The van der Waals surface area contributed by atoms with Crippen LogP contribution in [0.15, 0.2) is 18.2 Å². The van der Waals surface area contributed by atoms with Crippen molar-refractivity contribution in [1.29, 1.82) is 0 Å². The number of benzene rings is 1. The van der Waals surface area contributed by atoms with Gasteiger partial charge in [0.2, 0.25) is 0 Å². The number of ether oxygens (including phenoxy) is 1. The fourth-order valence-electron chi connectivity index (χ4n) is 1.63. The lowest BCUT2D eigenvalue weighted by Gasteiger charge is -2.16. The molecule has 0 fully saturated rings. The SMILES string of the molecule is CCC(COC)NCc1ccc(Cl)cc1C. The van der Waals surface area contributed by atoms with Crippen molar-refractivity contribution in [3.8, 4) is 0 Å². The molecule has 0 spiro atoms. The van der Waals surface area contributed by atoms with Crippen molar-refractivity contribution in [2.45, 2.75) is 32.9 Å². The molecule has 1 aromatic carbocycles. The predicted octanol–water partition coefficient (Wildman–Crippen LogP) is 3.16. The second kappa shape index (κ2) is 6.89. The highest BCUT2D eigenvalue weighted by Gasteiger charge is 2.06. The summed E-state index contributed by atoms with van der Waals surface area (Å²) in [6.45, 7) is 5.86. The molecule has 0 aliphatic carbocycles. The maximum absolute atomic E-state index is 5.92. The van der Waals surface area contributed by atoms with Gasteiger partial charge in [0.15, 0.2) is 0 Å². The van der Waals surface area contributed by atoms with E-state index in [1.54, 1.807) is 7.11 Å². The minimum Gasteiger partial charge on any atom is -0.383 e. The second-order valence-electron chi connectivity index (χ2n) is 4.01. The highest BCUT2D eigenvalue weighted by atomic mass is 35.5. The molecular weight excluding hydrogens is 222 g/mol. The first-order valence-electron chi connectivity index (χ1n) is 5.64. The maximum atomic E-state index is 5.92. The lowest BCUT2D eigenvalue weighted by molar-refractivity contribution is 0.164.